The molecule has 36 heavy (non-hydrogen) atoms. The van der Waals surface area contributed by atoms with Crippen LogP contribution in [0.5, 0.6) is 23.0 Å². The van der Waals surface area contributed by atoms with Gasteiger partial charge in [0.1, 0.15) is 23.0 Å². The zero-order valence-electron chi connectivity index (χ0n) is 21.1. The summed E-state index contributed by atoms with van der Waals surface area (Å²) in [5.41, 5.74) is 3.87. The predicted molar refractivity (Wildman–Crippen MR) is 141 cm³/mol. The van der Waals surface area contributed by atoms with Gasteiger partial charge in [-0.15, -0.1) is 0 Å². The Morgan fingerprint density at radius 1 is 0.611 bits per heavy atom. The number of rotatable bonds is 9. The Hall–Kier alpha value is -4.13. The van der Waals surface area contributed by atoms with E-state index in [0.29, 0.717) is 53.3 Å². The van der Waals surface area contributed by atoms with Crippen molar-refractivity contribution in [3.63, 3.8) is 0 Å². The first-order valence-corrected chi connectivity index (χ1v) is 12.2. The summed E-state index contributed by atoms with van der Waals surface area (Å²) in [4.78, 5) is 14.0. The van der Waals surface area contributed by atoms with Crippen LogP contribution < -0.4 is 9.47 Å². The maximum absolute atomic E-state index is 10.8. The summed E-state index contributed by atoms with van der Waals surface area (Å²) in [5.74, 6) is 2.17. The van der Waals surface area contributed by atoms with Crippen molar-refractivity contribution < 1.29 is 19.7 Å². The van der Waals surface area contributed by atoms with Gasteiger partial charge >= 0.3 is 0 Å². The van der Waals surface area contributed by atoms with Gasteiger partial charge < -0.3 is 19.7 Å². The second-order valence-electron chi connectivity index (χ2n) is 8.68. The fraction of sp³-hybridized carbons (Fsp3) is 0.276. The first-order valence-electron chi connectivity index (χ1n) is 12.2. The third kappa shape index (κ3) is 5.57. The first kappa shape index (κ1) is 25.0. The van der Waals surface area contributed by atoms with Crippen LogP contribution in [0.1, 0.15) is 37.8 Å². The number of nitrogens with zero attached hydrogens (tertiary/aromatic N) is 3. The van der Waals surface area contributed by atoms with Crippen LogP contribution >= 0.6 is 0 Å². The number of hydrogen-bond donors (Lipinski definition) is 2. The van der Waals surface area contributed by atoms with Gasteiger partial charge in [-0.1, -0.05) is 37.6 Å². The SMILES string of the molecule is CCCOc1ccc(-c2nc(-c3ccc(C)cc3C)nc(-c3ccc(OCCC)cc3O)n2)c(O)c1. The summed E-state index contributed by atoms with van der Waals surface area (Å²) in [5, 5.41) is 21.6. The number of phenolic OH excluding ortho intramolecular Hbond substituents is 2. The Labute approximate surface area is 211 Å². The molecule has 0 saturated carbocycles. The van der Waals surface area contributed by atoms with Crippen LogP contribution in [0.4, 0.5) is 0 Å². The zero-order valence-corrected chi connectivity index (χ0v) is 21.1. The van der Waals surface area contributed by atoms with Crippen molar-refractivity contribution in [2.45, 2.75) is 40.5 Å². The molecule has 1 aromatic heterocycles. The lowest BCUT2D eigenvalue weighted by Crippen LogP contribution is -2.02. The van der Waals surface area contributed by atoms with E-state index in [2.05, 4.69) is 11.1 Å². The second kappa shape index (κ2) is 11.1. The molecule has 0 saturated heterocycles. The van der Waals surface area contributed by atoms with Crippen LogP contribution in [-0.4, -0.2) is 38.4 Å². The third-order valence-corrected chi connectivity index (χ3v) is 5.62. The quantitative estimate of drug-likeness (QED) is 0.280. The third-order valence-electron chi connectivity index (χ3n) is 5.62. The lowest BCUT2D eigenvalue weighted by atomic mass is 10.0. The molecule has 0 spiro atoms. The minimum Gasteiger partial charge on any atom is -0.507 e. The van der Waals surface area contributed by atoms with E-state index in [1.807, 2.05) is 39.8 Å². The number of phenols is 2. The van der Waals surface area contributed by atoms with E-state index in [4.69, 9.17) is 19.4 Å². The number of aryl methyl sites for hydroxylation is 2. The Bertz CT molecular complexity index is 1300. The van der Waals surface area contributed by atoms with Crippen molar-refractivity contribution in [1.29, 1.82) is 0 Å². The molecule has 0 unspecified atom stereocenters. The highest BCUT2D eigenvalue weighted by Gasteiger charge is 2.18. The molecule has 7 nitrogen and oxygen atoms in total. The number of aromatic hydroxyl groups is 2. The lowest BCUT2D eigenvalue weighted by molar-refractivity contribution is 0.315. The number of ether oxygens (including phenoxy) is 2. The van der Waals surface area contributed by atoms with Crippen LogP contribution in [-0.2, 0) is 0 Å². The van der Waals surface area contributed by atoms with Crippen LogP contribution in [0.25, 0.3) is 34.2 Å². The molecule has 0 bridgehead atoms. The topological polar surface area (TPSA) is 97.6 Å². The summed E-state index contributed by atoms with van der Waals surface area (Å²) in [6, 6.07) is 16.2. The van der Waals surface area contributed by atoms with Crippen LogP contribution in [0.15, 0.2) is 54.6 Å². The largest absolute Gasteiger partial charge is 0.507 e. The van der Waals surface area contributed by atoms with Gasteiger partial charge in [-0.3, -0.25) is 0 Å². The molecule has 4 aromatic rings. The Balaban J connectivity index is 1.85. The molecular formula is C29H31N3O4. The monoisotopic (exact) mass is 485 g/mol. The van der Waals surface area contributed by atoms with Crippen LogP contribution in [0.2, 0.25) is 0 Å². The fourth-order valence-corrected chi connectivity index (χ4v) is 3.82. The van der Waals surface area contributed by atoms with E-state index in [1.165, 1.54) is 0 Å². The number of hydrogen-bond acceptors (Lipinski definition) is 7. The molecule has 3 aromatic carbocycles. The van der Waals surface area contributed by atoms with E-state index < -0.39 is 0 Å². The van der Waals surface area contributed by atoms with Gasteiger partial charge in [0.25, 0.3) is 0 Å². The van der Waals surface area contributed by atoms with Gasteiger partial charge in [0, 0.05) is 17.7 Å². The predicted octanol–water partition coefficient (Wildman–Crippen LogP) is 6.48. The van der Waals surface area contributed by atoms with E-state index in [-0.39, 0.29) is 11.5 Å². The van der Waals surface area contributed by atoms with Crippen LogP contribution in [0.3, 0.4) is 0 Å². The standard InChI is InChI=1S/C29H31N3O4/c1-5-13-35-20-8-11-23(25(33)16-20)28-30-27(22-10-7-18(3)15-19(22)4)31-29(32-28)24-12-9-21(17-26(24)34)36-14-6-2/h7-12,15-17,33-34H,5-6,13-14H2,1-4H3. The molecule has 186 valence electrons. The Morgan fingerprint density at radius 3 is 1.47 bits per heavy atom. The maximum Gasteiger partial charge on any atom is 0.167 e. The summed E-state index contributed by atoms with van der Waals surface area (Å²) >= 11 is 0. The molecule has 0 amide bonds. The molecule has 7 heteroatoms. The van der Waals surface area contributed by atoms with Crippen LogP contribution in [0, 0.1) is 13.8 Å². The van der Waals surface area contributed by atoms with Gasteiger partial charge in [-0.2, -0.15) is 0 Å². The van der Waals surface area contributed by atoms with Gasteiger partial charge in [-0.05, 0) is 56.5 Å². The summed E-state index contributed by atoms with van der Waals surface area (Å²) in [7, 11) is 0. The normalized spacial score (nSPS) is 10.9. The zero-order chi connectivity index (χ0) is 25.7. The van der Waals surface area contributed by atoms with E-state index >= 15 is 0 Å². The molecule has 4 rings (SSSR count). The molecule has 0 aliphatic carbocycles. The summed E-state index contributed by atoms with van der Waals surface area (Å²) in [6.07, 6.45) is 1.73. The van der Waals surface area contributed by atoms with Gasteiger partial charge in [0.2, 0.25) is 0 Å². The van der Waals surface area contributed by atoms with Crippen molar-refractivity contribution >= 4 is 0 Å². The molecule has 0 radical (unpaired) electrons. The molecule has 0 fully saturated rings. The highest BCUT2D eigenvalue weighted by Crippen LogP contribution is 2.36. The smallest absolute Gasteiger partial charge is 0.167 e. The Morgan fingerprint density at radius 2 is 1.06 bits per heavy atom. The summed E-state index contributed by atoms with van der Waals surface area (Å²) < 4.78 is 11.3. The summed E-state index contributed by atoms with van der Waals surface area (Å²) in [6.45, 7) is 9.19. The number of aromatic nitrogens is 3. The average molecular weight is 486 g/mol. The van der Waals surface area contributed by atoms with Crippen molar-refractivity contribution in [1.82, 2.24) is 15.0 Å². The fourth-order valence-electron chi connectivity index (χ4n) is 3.82. The van der Waals surface area contributed by atoms with Gasteiger partial charge in [0.05, 0.1) is 24.3 Å². The maximum atomic E-state index is 10.8. The van der Waals surface area contributed by atoms with Crippen molar-refractivity contribution in [2.24, 2.45) is 0 Å². The van der Waals surface area contributed by atoms with Crippen molar-refractivity contribution in [2.75, 3.05) is 13.2 Å². The molecule has 1 heterocycles. The van der Waals surface area contributed by atoms with Gasteiger partial charge in [0.15, 0.2) is 17.5 Å². The number of benzene rings is 3. The molecule has 0 aliphatic rings. The average Bonchev–Trinajstić information content (AvgIpc) is 2.86. The molecule has 0 aliphatic heterocycles. The first-order chi connectivity index (χ1) is 17.4. The van der Waals surface area contributed by atoms with E-state index in [1.54, 1.807) is 36.4 Å². The van der Waals surface area contributed by atoms with Crippen molar-refractivity contribution in [3.8, 4) is 57.2 Å². The highest BCUT2D eigenvalue weighted by molar-refractivity contribution is 5.73. The Kier molecular flexibility index (Phi) is 7.68. The van der Waals surface area contributed by atoms with E-state index in [9.17, 15) is 10.2 Å². The highest BCUT2D eigenvalue weighted by atomic mass is 16.5. The molecular weight excluding hydrogens is 454 g/mol. The van der Waals surface area contributed by atoms with E-state index in [0.717, 1.165) is 29.5 Å². The molecule has 2 N–H and O–H groups in total. The molecule has 0 atom stereocenters. The van der Waals surface area contributed by atoms with Gasteiger partial charge in [-0.25, -0.2) is 15.0 Å². The van der Waals surface area contributed by atoms with Crippen molar-refractivity contribution in [3.05, 3.63) is 65.7 Å². The minimum absolute atomic E-state index is 0.000124. The lowest BCUT2D eigenvalue weighted by Gasteiger charge is -2.13. The minimum atomic E-state index is -0.000124. The second-order valence-corrected chi connectivity index (χ2v) is 8.68.